The van der Waals surface area contributed by atoms with Gasteiger partial charge >= 0.3 is 0 Å². The fourth-order valence-electron chi connectivity index (χ4n) is 4.49. The van der Waals surface area contributed by atoms with E-state index in [-0.39, 0.29) is 20.9 Å². The van der Waals surface area contributed by atoms with Gasteiger partial charge in [-0.2, -0.15) is 11.3 Å². The van der Waals surface area contributed by atoms with E-state index in [1.54, 1.807) is 35.2 Å². The molecular formula is C18H22N2OS5. The summed E-state index contributed by atoms with van der Waals surface area (Å²) in [7, 11) is 0. The maximum Gasteiger partial charge on any atom is 0.164 e. The summed E-state index contributed by atoms with van der Waals surface area (Å²) in [4.78, 5) is 12.8. The molecule has 0 aromatic carbocycles. The second-order valence-electron chi connectivity index (χ2n) is 6.96. The van der Waals surface area contributed by atoms with Gasteiger partial charge in [0.15, 0.2) is 5.78 Å². The van der Waals surface area contributed by atoms with Gasteiger partial charge in [0.25, 0.3) is 0 Å². The van der Waals surface area contributed by atoms with Crippen molar-refractivity contribution in [3.8, 4) is 0 Å². The number of thiophene rings is 1. The molecule has 1 aliphatic carbocycles. The summed E-state index contributed by atoms with van der Waals surface area (Å²) in [6, 6.07) is 0. The van der Waals surface area contributed by atoms with Crippen LogP contribution in [0.4, 0.5) is 0 Å². The van der Waals surface area contributed by atoms with E-state index in [1.165, 1.54) is 5.56 Å². The SMILES string of the molecule is CSN1C=CSC1(C)C1(C2(C)SC=CN2SC)CC(=O)c2cscc2C1. The minimum atomic E-state index is -0.237. The minimum absolute atomic E-state index is 0.205. The summed E-state index contributed by atoms with van der Waals surface area (Å²) in [5, 5.41) is 8.59. The number of ketones is 1. The van der Waals surface area contributed by atoms with E-state index in [1.807, 2.05) is 28.9 Å². The molecule has 2 unspecified atom stereocenters. The number of carbonyl (C=O) groups is 1. The third kappa shape index (κ3) is 2.41. The lowest BCUT2D eigenvalue weighted by Gasteiger charge is -2.60. The Labute approximate surface area is 176 Å². The molecule has 1 aromatic rings. The first-order valence-electron chi connectivity index (χ1n) is 8.36. The zero-order valence-corrected chi connectivity index (χ0v) is 19.3. The summed E-state index contributed by atoms with van der Waals surface area (Å²) in [6.45, 7) is 4.64. The summed E-state index contributed by atoms with van der Waals surface area (Å²) < 4.78 is 4.70. The number of carbonyl (C=O) groups excluding carboxylic acids is 1. The molecule has 1 aromatic heterocycles. The van der Waals surface area contributed by atoms with Gasteiger partial charge in [-0.05, 0) is 42.0 Å². The molecule has 8 heteroatoms. The third-order valence-corrected chi connectivity index (χ3v) is 11.4. The Balaban J connectivity index is 1.91. The van der Waals surface area contributed by atoms with Crippen LogP contribution in [0.5, 0.6) is 0 Å². The van der Waals surface area contributed by atoms with Gasteiger partial charge in [-0.15, -0.1) is 23.5 Å². The number of hydrogen-bond donors (Lipinski definition) is 0. The van der Waals surface area contributed by atoms with E-state index in [9.17, 15) is 4.79 Å². The Morgan fingerprint density at radius 2 is 1.54 bits per heavy atom. The molecule has 0 amide bonds. The van der Waals surface area contributed by atoms with Crippen molar-refractivity contribution in [2.24, 2.45) is 5.41 Å². The normalized spacial score (nSPS) is 36.2. The molecule has 0 fully saturated rings. The van der Waals surface area contributed by atoms with Crippen molar-refractivity contribution >= 4 is 64.5 Å². The Morgan fingerprint density at radius 3 is 2.08 bits per heavy atom. The van der Waals surface area contributed by atoms with Crippen LogP contribution < -0.4 is 0 Å². The molecule has 0 radical (unpaired) electrons. The lowest BCUT2D eigenvalue weighted by molar-refractivity contribution is 0.0361. The van der Waals surface area contributed by atoms with E-state index in [4.69, 9.17) is 0 Å². The highest BCUT2D eigenvalue weighted by molar-refractivity contribution is 8.06. The minimum Gasteiger partial charge on any atom is -0.306 e. The molecule has 2 aliphatic heterocycles. The number of hydrogen-bond acceptors (Lipinski definition) is 8. The number of fused-ring (bicyclic) bond motifs is 1. The number of Topliss-reactive ketones (excluding diaryl/α,β-unsaturated/α-hetero) is 1. The number of thioether (sulfide) groups is 2. The quantitative estimate of drug-likeness (QED) is 0.536. The van der Waals surface area contributed by atoms with Crippen molar-refractivity contribution in [1.82, 2.24) is 8.61 Å². The predicted molar refractivity (Wildman–Crippen MR) is 120 cm³/mol. The molecule has 2 atom stereocenters. The number of nitrogens with zero attached hydrogens (tertiary/aromatic N) is 2. The largest absolute Gasteiger partial charge is 0.306 e. The summed E-state index contributed by atoms with van der Waals surface area (Å²) >= 11 is 8.86. The van der Waals surface area contributed by atoms with Crippen LogP contribution in [-0.2, 0) is 6.42 Å². The van der Waals surface area contributed by atoms with Crippen molar-refractivity contribution in [2.45, 2.75) is 36.4 Å². The molecule has 26 heavy (non-hydrogen) atoms. The summed E-state index contributed by atoms with van der Waals surface area (Å²) in [6.07, 6.45) is 10.1. The molecule has 0 saturated carbocycles. The van der Waals surface area contributed by atoms with Crippen molar-refractivity contribution < 1.29 is 4.79 Å². The first-order chi connectivity index (χ1) is 12.4. The maximum absolute atomic E-state index is 13.2. The van der Waals surface area contributed by atoms with Gasteiger partial charge in [0.05, 0.1) is 0 Å². The summed E-state index contributed by atoms with van der Waals surface area (Å²) in [5.41, 5.74) is 1.92. The first-order valence-corrected chi connectivity index (χ1v) is 13.4. The zero-order valence-electron chi connectivity index (χ0n) is 15.2. The Morgan fingerprint density at radius 1 is 0.962 bits per heavy atom. The van der Waals surface area contributed by atoms with E-state index in [2.05, 4.69) is 63.6 Å². The molecule has 4 rings (SSSR count). The smallest absolute Gasteiger partial charge is 0.164 e. The van der Waals surface area contributed by atoms with Crippen LogP contribution >= 0.6 is 58.8 Å². The van der Waals surface area contributed by atoms with Crippen molar-refractivity contribution in [3.63, 3.8) is 0 Å². The summed E-state index contributed by atoms with van der Waals surface area (Å²) in [5.74, 6) is 0.289. The fourth-order valence-corrected chi connectivity index (χ4v) is 10.0. The van der Waals surface area contributed by atoms with Gasteiger partial charge in [0, 0.05) is 47.7 Å². The molecular weight excluding hydrogens is 421 g/mol. The second-order valence-corrected chi connectivity index (χ2v) is 11.8. The van der Waals surface area contributed by atoms with Crippen LogP contribution in [0.15, 0.2) is 34.0 Å². The van der Waals surface area contributed by atoms with Crippen molar-refractivity contribution in [1.29, 1.82) is 0 Å². The zero-order chi connectivity index (χ0) is 18.6. The van der Waals surface area contributed by atoms with Crippen LogP contribution in [0.25, 0.3) is 0 Å². The Hall–Kier alpha value is -0.150. The van der Waals surface area contributed by atoms with Gasteiger partial charge in [0.2, 0.25) is 0 Å². The Kier molecular flexibility index (Phi) is 4.96. The van der Waals surface area contributed by atoms with Crippen molar-refractivity contribution in [2.75, 3.05) is 12.5 Å². The van der Waals surface area contributed by atoms with Gasteiger partial charge in [-0.3, -0.25) is 4.79 Å². The van der Waals surface area contributed by atoms with Gasteiger partial charge in [-0.25, -0.2) is 0 Å². The maximum atomic E-state index is 13.2. The first kappa shape index (κ1) is 19.2. The lowest BCUT2D eigenvalue weighted by Crippen LogP contribution is -2.65. The molecule has 3 heterocycles. The van der Waals surface area contributed by atoms with Crippen LogP contribution in [0.1, 0.15) is 36.2 Å². The number of rotatable bonds is 4. The molecule has 0 bridgehead atoms. The Bertz CT molecular complexity index is 756. The molecule has 3 aliphatic rings. The molecule has 0 saturated heterocycles. The van der Waals surface area contributed by atoms with Gasteiger partial charge in [-0.1, -0.05) is 23.9 Å². The fraction of sp³-hybridized carbons (Fsp3) is 0.500. The van der Waals surface area contributed by atoms with Crippen LogP contribution in [0, 0.1) is 5.41 Å². The van der Waals surface area contributed by atoms with Crippen LogP contribution in [-0.4, -0.2) is 36.6 Å². The second kappa shape index (κ2) is 6.72. The van der Waals surface area contributed by atoms with E-state index >= 15 is 0 Å². The van der Waals surface area contributed by atoms with E-state index in [0.29, 0.717) is 6.42 Å². The van der Waals surface area contributed by atoms with E-state index in [0.717, 1.165) is 12.0 Å². The van der Waals surface area contributed by atoms with E-state index < -0.39 is 0 Å². The van der Waals surface area contributed by atoms with Crippen LogP contribution in [0.2, 0.25) is 0 Å². The van der Waals surface area contributed by atoms with Crippen LogP contribution in [0.3, 0.4) is 0 Å². The van der Waals surface area contributed by atoms with Crippen molar-refractivity contribution in [3.05, 3.63) is 45.1 Å². The molecule has 3 nitrogen and oxygen atoms in total. The highest BCUT2D eigenvalue weighted by Gasteiger charge is 2.67. The molecule has 140 valence electrons. The van der Waals surface area contributed by atoms with Gasteiger partial charge in [0.1, 0.15) is 9.74 Å². The average Bonchev–Trinajstić information content (AvgIpc) is 3.33. The topological polar surface area (TPSA) is 23.6 Å². The monoisotopic (exact) mass is 442 g/mol. The third-order valence-electron chi connectivity index (χ3n) is 6.00. The average molecular weight is 443 g/mol. The highest BCUT2D eigenvalue weighted by atomic mass is 32.2. The molecule has 0 N–H and O–H groups in total. The lowest BCUT2D eigenvalue weighted by atomic mass is 9.63. The highest BCUT2D eigenvalue weighted by Crippen LogP contribution is 2.67. The predicted octanol–water partition coefficient (Wildman–Crippen LogP) is 5.89. The standard InChI is InChI=1S/C18H22N2OS5/c1-16(19(22-3)5-7-25-16)18(17(2)20(23-4)6-8-26-17)9-13-11-24-12-14(13)15(21)10-18/h5-8,11-12H,9-10H2,1-4H3. The molecule has 0 spiro atoms. The van der Waals surface area contributed by atoms with Gasteiger partial charge < -0.3 is 8.61 Å².